The van der Waals surface area contributed by atoms with Gasteiger partial charge in [-0.3, -0.25) is 14.2 Å². The normalized spacial score (nSPS) is 12.1. The third-order valence-electron chi connectivity index (χ3n) is 3.38. The second-order valence-electron chi connectivity index (χ2n) is 4.90. The van der Waals surface area contributed by atoms with Crippen LogP contribution in [0.4, 0.5) is 4.39 Å². The molecule has 4 nitrogen and oxygen atoms in total. The molecular weight excluding hydrogens is 315 g/mol. The highest BCUT2D eigenvalue weighted by molar-refractivity contribution is 7.78. The molecule has 0 amide bonds. The van der Waals surface area contributed by atoms with Crippen LogP contribution in [0.5, 0.6) is 0 Å². The van der Waals surface area contributed by atoms with E-state index in [0.29, 0.717) is 11.3 Å². The Morgan fingerprint density at radius 3 is 2.61 bits per heavy atom. The molecule has 0 spiro atoms. The topological polar surface area (TPSA) is 65.9 Å². The molecule has 2 aromatic heterocycles. The summed E-state index contributed by atoms with van der Waals surface area (Å²) in [4.78, 5) is 8.43. The van der Waals surface area contributed by atoms with Crippen molar-refractivity contribution < 1.29 is 13.2 Å². The van der Waals surface area contributed by atoms with Crippen LogP contribution in [0.2, 0.25) is 0 Å². The van der Waals surface area contributed by atoms with Gasteiger partial charge in [0.1, 0.15) is 5.82 Å². The van der Waals surface area contributed by atoms with Crippen molar-refractivity contribution in [3.05, 3.63) is 72.4 Å². The first kappa shape index (κ1) is 15.5. The average Bonchev–Trinajstić information content (AvgIpc) is 2.57. The Morgan fingerprint density at radius 1 is 1.09 bits per heavy atom. The minimum atomic E-state index is -2.33. The number of pyridine rings is 2. The Labute approximate surface area is 135 Å². The molecule has 6 heteroatoms. The Hall–Kier alpha value is -2.44. The molecule has 2 heterocycles. The van der Waals surface area contributed by atoms with Gasteiger partial charge in [-0.15, -0.1) is 0 Å². The Balaban J connectivity index is 2.06. The first-order valence-electron chi connectivity index (χ1n) is 6.85. The molecule has 0 fully saturated rings. The van der Waals surface area contributed by atoms with Gasteiger partial charge in [0.05, 0.1) is 5.69 Å². The number of benzene rings is 1. The number of rotatable bonds is 4. The summed E-state index contributed by atoms with van der Waals surface area (Å²) in [6, 6.07) is 11.9. The number of aromatic nitrogens is 2. The maximum Gasteiger partial charge on any atom is 0.127 e. The summed E-state index contributed by atoms with van der Waals surface area (Å²) in [6.07, 6.45) is 5.02. The Bertz CT molecular complexity index is 856. The molecular formula is C17H12FN2O2S-. The fraction of sp³-hybridized carbons (Fsp3) is 0.0588. The van der Waals surface area contributed by atoms with Gasteiger partial charge < -0.3 is 4.55 Å². The highest BCUT2D eigenvalue weighted by Crippen LogP contribution is 2.30. The van der Waals surface area contributed by atoms with Crippen LogP contribution >= 0.6 is 0 Å². The first-order chi connectivity index (χ1) is 11.1. The second-order valence-corrected chi connectivity index (χ2v) is 5.79. The van der Waals surface area contributed by atoms with E-state index in [-0.39, 0.29) is 11.3 Å². The molecule has 3 aromatic rings. The molecule has 1 aromatic carbocycles. The van der Waals surface area contributed by atoms with Crippen molar-refractivity contribution in [2.75, 3.05) is 0 Å². The van der Waals surface area contributed by atoms with Crippen LogP contribution in [0.15, 0.2) is 61.1 Å². The highest BCUT2D eigenvalue weighted by Gasteiger charge is 2.11. The van der Waals surface area contributed by atoms with Crippen molar-refractivity contribution in [1.29, 1.82) is 0 Å². The zero-order valence-corrected chi connectivity index (χ0v) is 12.8. The average molecular weight is 327 g/mol. The minimum Gasteiger partial charge on any atom is -0.772 e. The van der Waals surface area contributed by atoms with E-state index in [4.69, 9.17) is 0 Å². The standard InChI is InChI=1S/C17H13FN2O2S/c18-16-9-12(5-6-14(16)11-23(21)22)17-15(4-2-8-20-17)13-3-1-7-19-10-13/h1-10H,11H2,(H,21,22)/p-1. The van der Waals surface area contributed by atoms with E-state index < -0.39 is 16.9 Å². The fourth-order valence-corrected chi connectivity index (χ4v) is 2.82. The molecule has 0 aliphatic heterocycles. The molecule has 1 unspecified atom stereocenters. The lowest BCUT2D eigenvalue weighted by Gasteiger charge is -2.11. The summed E-state index contributed by atoms with van der Waals surface area (Å²) >= 11 is -2.33. The van der Waals surface area contributed by atoms with E-state index >= 15 is 0 Å². The van der Waals surface area contributed by atoms with Gasteiger partial charge in [-0.2, -0.15) is 0 Å². The molecule has 116 valence electrons. The summed E-state index contributed by atoms with van der Waals surface area (Å²) in [5.74, 6) is -0.904. The van der Waals surface area contributed by atoms with Crippen LogP contribution in [0.25, 0.3) is 22.4 Å². The van der Waals surface area contributed by atoms with Crippen molar-refractivity contribution >= 4 is 11.1 Å². The zero-order chi connectivity index (χ0) is 16.2. The van der Waals surface area contributed by atoms with Crippen molar-refractivity contribution in [1.82, 2.24) is 9.97 Å². The van der Waals surface area contributed by atoms with Crippen LogP contribution in [0.3, 0.4) is 0 Å². The van der Waals surface area contributed by atoms with Gasteiger partial charge in [-0.05, 0) is 23.8 Å². The van der Waals surface area contributed by atoms with Gasteiger partial charge >= 0.3 is 0 Å². The largest absolute Gasteiger partial charge is 0.772 e. The van der Waals surface area contributed by atoms with E-state index in [2.05, 4.69) is 9.97 Å². The van der Waals surface area contributed by atoms with Gasteiger partial charge in [0, 0.05) is 41.0 Å². The predicted molar refractivity (Wildman–Crippen MR) is 85.5 cm³/mol. The van der Waals surface area contributed by atoms with Gasteiger partial charge in [0.25, 0.3) is 0 Å². The van der Waals surface area contributed by atoms with Gasteiger partial charge in [0.15, 0.2) is 0 Å². The van der Waals surface area contributed by atoms with Gasteiger partial charge in [0.2, 0.25) is 0 Å². The van der Waals surface area contributed by atoms with E-state index in [9.17, 15) is 13.2 Å². The third-order valence-corrected chi connectivity index (χ3v) is 3.93. The lowest BCUT2D eigenvalue weighted by Crippen LogP contribution is -1.98. The van der Waals surface area contributed by atoms with E-state index in [0.717, 1.165) is 11.1 Å². The highest BCUT2D eigenvalue weighted by atomic mass is 32.2. The van der Waals surface area contributed by atoms with Crippen LogP contribution in [-0.4, -0.2) is 18.7 Å². The number of hydrogen-bond donors (Lipinski definition) is 0. The molecule has 0 aliphatic carbocycles. The van der Waals surface area contributed by atoms with E-state index in [1.54, 1.807) is 30.7 Å². The Kier molecular flexibility index (Phi) is 4.55. The number of hydrogen-bond acceptors (Lipinski definition) is 4. The van der Waals surface area contributed by atoms with Crippen LogP contribution in [-0.2, 0) is 16.8 Å². The van der Waals surface area contributed by atoms with Crippen molar-refractivity contribution in [3.8, 4) is 22.4 Å². The second kappa shape index (κ2) is 6.76. The molecule has 3 rings (SSSR count). The maximum absolute atomic E-state index is 14.1. The van der Waals surface area contributed by atoms with Crippen LogP contribution < -0.4 is 0 Å². The lowest BCUT2D eigenvalue weighted by atomic mass is 10.00. The fourth-order valence-electron chi connectivity index (χ4n) is 2.33. The molecule has 0 bridgehead atoms. The summed E-state index contributed by atoms with van der Waals surface area (Å²) in [5.41, 5.74) is 3.05. The maximum atomic E-state index is 14.1. The molecule has 1 atom stereocenters. The number of halogens is 1. The molecule has 0 saturated carbocycles. The molecule has 23 heavy (non-hydrogen) atoms. The summed E-state index contributed by atoms with van der Waals surface area (Å²) < 4.78 is 35.6. The SMILES string of the molecule is O=S([O-])Cc1ccc(-c2ncccc2-c2cccnc2)cc1F. The van der Waals surface area contributed by atoms with E-state index in [1.165, 1.54) is 12.1 Å². The Morgan fingerprint density at radius 2 is 1.91 bits per heavy atom. The summed E-state index contributed by atoms with van der Waals surface area (Å²) in [5, 5.41) is 0. The summed E-state index contributed by atoms with van der Waals surface area (Å²) in [7, 11) is 0. The van der Waals surface area contributed by atoms with Crippen molar-refractivity contribution in [3.63, 3.8) is 0 Å². The van der Waals surface area contributed by atoms with Crippen molar-refractivity contribution in [2.24, 2.45) is 0 Å². The predicted octanol–water partition coefficient (Wildman–Crippen LogP) is 3.33. The molecule has 0 saturated heterocycles. The van der Waals surface area contributed by atoms with Crippen molar-refractivity contribution in [2.45, 2.75) is 5.75 Å². The third kappa shape index (κ3) is 3.49. The van der Waals surface area contributed by atoms with Crippen LogP contribution in [0, 0.1) is 5.82 Å². The molecule has 0 radical (unpaired) electrons. The van der Waals surface area contributed by atoms with E-state index in [1.807, 2.05) is 18.2 Å². The minimum absolute atomic E-state index is 0.140. The first-order valence-corrected chi connectivity index (χ1v) is 8.09. The molecule has 0 N–H and O–H groups in total. The lowest BCUT2D eigenvalue weighted by molar-refractivity contribution is 0.533. The molecule has 0 aliphatic rings. The smallest absolute Gasteiger partial charge is 0.127 e. The van der Waals surface area contributed by atoms with Gasteiger partial charge in [-0.25, -0.2) is 4.39 Å². The van der Waals surface area contributed by atoms with Gasteiger partial charge in [-0.1, -0.05) is 35.3 Å². The number of nitrogens with zero attached hydrogens (tertiary/aromatic N) is 2. The summed E-state index contributed by atoms with van der Waals surface area (Å²) in [6.45, 7) is 0. The van der Waals surface area contributed by atoms with Crippen LogP contribution in [0.1, 0.15) is 5.56 Å². The quantitative estimate of drug-likeness (QED) is 0.689. The zero-order valence-electron chi connectivity index (χ0n) is 12.0. The monoisotopic (exact) mass is 327 g/mol.